The largest absolute Gasteiger partial charge is 0.490 e. The summed E-state index contributed by atoms with van der Waals surface area (Å²) in [6.07, 6.45) is 7.29. The Morgan fingerprint density at radius 2 is 2.21 bits per heavy atom. The fraction of sp³-hybridized carbons (Fsp3) is 0.231. The van der Waals surface area contributed by atoms with Crippen LogP contribution in [-0.4, -0.2) is 6.10 Å². The highest BCUT2D eigenvalue weighted by molar-refractivity contribution is 5.62. The Balaban J connectivity index is 3.17. The van der Waals surface area contributed by atoms with Crippen molar-refractivity contribution in [2.75, 3.05) is 0 Å². The van der Waals surface area contributed by atoms with Crippen molar-refractivity contribution in [2.45, 2.75) is 20.0 Å². The van der Waals surface area contributed by atoms with E-state index < -0.39 is 0 Å². The van der Waals surface area contributed by atoms with Crippen LogP contribution in [0.4, 0.5) is 0 Å². The molecule has 0 amide bonds. The van der Waals surface area contributed by atoms with E-state index in [4.69, 9.17) is 11.2 Å². The molecule has 14 heavy (non-hydrogen) atoms. The van der Waals surface area contributed by atoms with Crippen molar-refractivity contribution in [3.05, 3.63) is 35.9 Å². The summed E-state index contributed by atoms with van der Waals surface area (Å²) in [7, 11) is 0. The van der Waals surface area contributed by atoms with Crippen LogP contribution in [0.3, 0.4) is 0 Å². The van der Waals surface area contributed by atoms with Gasteiger partial charge in [0.15, 0.2) is 0 Å². The lowest BCUT2D eigenvalue weighted by Gasteiger charge is -2.12. The highest BCUT2D eigenvalue weighted by atomic mass is 16.5. The predicted molar refractivity (Wildman–Crippen MR) is 60.2 cm³/mol. The molecule has 0 N–H and O–H groups in total. The van der Waals surface area contributed by atoms with Gasteiger partial charge in [0.05, 0.1) is 11.7 Å². The van der Waals surface area contributed by atoms with Gasteiger partial charge in [-0.2, -0.15) is 0 Å². The zero-order valence-electron chi connectivity index (χ0n) is 8.58. The van der Waals surface area contributed by atoms with E-state index in [1.807, 2.05) is 32.0 Å². The molecule has 0 fully saturated rings. The predicted octanol–water partition coefficient (Wildman–Crippen LogP) is 3.10. The third-order valence-electron chi connectivity index (χ3n) is 1.79. The highest BCUT2D eigenvalue weighted by Crippen LogP contribution is 2.23. The van der Waals surface area contributed by atoms with Gasteiger partial charge in [0.25, 0.3) is 0 Å². The van der Waals surface area contributed by atoms with E-state index in [9.17, 15) is 0 Å². The zero-order chi connectivity index (χ0) is 10.6. The summed E-state index contributed by atoms with van der Waals surface area (Å²) in [5.74, 6) is 3.37. The van der Waals surface area contributed by atoms with Crippen molar-refractivity contribution in [1.29, 1.82) is 0 Å². The maximum atomic E-state index is 5.59. The molecule has 1 nitrogen and oxygen atoms in total. The minimum atomic E-state index is 0.127. The first kappa shape index (κ1) is 10.4. The van der Waals surface area contributed by atoms with Gasteiger partial charge in [0.1, 0.15) is 5.75 Å². The number of terminal acetylenes is 1. The smallest absolute Gasteiger partial charge is 0.135 e. The van der Waals surface area contributed by atoms with Gasteiger partial charge in [-0.3, -0.25) is 0 Å². The van der Waals surface area contributed by atoms with Crippen LogP contribution in [0.15, 0.2) is 24.8 Å². The summed E-state index contributed by atoms with van der Waals surface area (Å²) in [6, 6.07) is 5.72. The van der Waals surface area contributed by atoms with E-state index in [-0.39, 0.29) is 6.10 Å². The lowest BCUT2D eigenvalue weighted by molar-refractivity contribution is 0.242. The first-order chi connectivity index (χ1) is 6.69. The summed E-state index contributed by atoms with van der Waals surface area (Å²) in [4.78, 5) is 0. The number of benzene rings is 1. The number of rotatable bonds is 3. The molecule has 0 spiro atoms. The first-order valence-electron chi connectivity index (χ1n) is 4.57. The molecule has 0 heterocycles. The van der Waals surface area contributed by atoms with Crippen molar-refractivity contribution in [3.63, 3.8) is 0 Å². The molecule has 0 aliphatic rings. The fourth-order valence-electron chi connectivity index (χ4n) is 1.22. The maximum Gasteiger partial charge on any atom is 0.135 e. The molecule has 1 rings (SSSR count). The Labute approximate surface area is 85.4 Å². The molecule has 0 unspecified atom stereocenters. The minimum Gasteiger partial charge on any atom is -0.490 e. The van der Waals surface area contributed by atoms with E-state index >= 15 is 0 Å². The molecule has 72 valence electrons. The molecule has 1 aromatic carbocycles. The molecule has 0 bridgehead atoms. The summed E-state index contributed by atoms with van der Waals surface area (Å²) in [5.41, 5.74) is 1.71. The third-order valence-corrected chi connectivity index (χ3v) is 1.79. The normalized spacial score (nSPS) is 9.57. The van der Waals surface area contributed by atoms with Crippen molar-refractivity contribution >= 4 is 6.08 Å². The van der Waals surface area contributed by atoms with Crippen molar-refractivity contribution in [1.82, 2.24) is 0 Å². The first-order valence-corrected chi connectivity index (χ1v) is 4.57. The van der Waals surface area contributed by atoms with E-state index in [1.165, 1.54) is 0 Å². The molecule has 0 atom stereocenters. The SMILES string of the molecule is C#Cc1c(C=C)cccc1OC(C)C. The lowest BCUT2D eigenvalue weighted by Crippen LogP contribution is -2.07. The van der Waals surface area contributed by atoms with Gasteiger partial charge in [0.2, 0.25) is 0 Å². The summed E-state index contributed by atoms with van der Waals surface area (Å²) >= 11 is 0. The molecule has 0 aromatic heterocycles. The Kier molecular flexibility index (Phi) is 3.36. The molecule has 0 saturated carbocycles. The quantitative estimate of drug-likeness (QED) is 0.659. The van der Waals surface area contributed by atoms with E-state index in [1.54, 1.807) is 6.08 Å². The summed E-state index contributed by atoms with van der Waals surface area (Å²) in [6.45, 7) is 7.65. The number of hydrogen-bond acceptors (Lipinski definition) is 1. The van der Waals surface area contributed by atoms with Crippen LogP contribution < -0.4 is 4.74 Å². The average molecular weight is 186 g/mol. The van der Waals surface area contributed by atoms with Gasteiger partial charge < -0.3 is 4.74 Å². The standard InChI is InChI=1S/C13H14O/c1-5-11-8-7-9-13(12(11)6-2)14-10(3)4/h2,5,7-10H,1H2,3-4H3. The van der Waals surface area contributed by atoms with Gasteiger partial charge in [-0.1, -0.05) is 30.7 Å². The average Bonchev–Trinajstić information content (AvgIpc) is 2.16. The second-order valence-electron chi connectivity index (χ2n) is 3.24. The number of hydrogen-bond donors (Lipinski definition) is 0. The summed E-state index contributed by atoms with van der Waals surface area (Å²) in [5, 5.41) is 0. The lowest BCUT2D eigenvalue weighted by atomic mass is 10.1. The van der Waals surface area contributed by atoms with Gasteiger partial charge in [-0.05, 0) is 25.5 Å². The zero-order valence-corrected chi connectivity index (χ0v) is 8.58. The van der Waals surface area contributed by atoms with Crippen molar-refractivity contribution in [3.8, 4) is 18.1 Å². The second-order valence-corrected chi connectivity index (χ2v) is 3.24. The van der Waals surface area contributed by atoms with Crippen LogP contribution in [-0.2, 0) is 0 Å². The Morgan fingerprint density at radius 3 is 2.71 bits per heavy atom. The third kappa shape index (κ3) is 2.17. The highest BCUT2D eigenvalue weighted by Gasteiger charge is 2.05. The van der Waals surface area contributed by atoms with Crippen LogP contribution in [0.5, 0.6) is 5.75 Å². The Hall–Kier alpha value is -1.68. The van der Waals surface area contributed by atoms with Crippen LogP contribution >= 0.6 is 0 Å². The van der Waals surface area contributed by atoms with Crippen LogP contribution in [0.1, 0.15) is 25.0 Å². The Bertz CT molecular complexity index is 369. The van der Waals surface area contributed by atoms with Crippen LogP contribution in [0.2, 0.25) is 0 Å². The van der Waals surface area contributed by atoms with Gasteiger partial charge in [0, 0.05) is 0 Å². The molecule has 0 radical (unpaired) electrons. The molecule has 0 aliphatic carbocycles. The van der Waals surface area contributed by atoms with Gasteiger partial charge in [-0.15, -0.1) is 6.42 Å². The molecule has 0 saturated heterocycles. The van der Waals surface area contributed by atoms with E-state index in [0.717, 1.165) is 16.9 Å². The molecular weight excluding hydrogens is 172 g/mol. The van der Waals surface area contributed by atoms with E-state index in [2.05, 4.69) is 12.5 Å². The fourth-order valence-corrected chi connectivity index (χ4v) is 1.22. The monoisotopic (exact) mass is 186 g/mol. The van der Waals surface area contributed by atoms with Gasteiger partial charge >= 0.3 is 0 Å². The molecule has 1 aromatic rings. The molecule has 1 heteroatoms. The molecular formula is C13H14O. The second kappa shape index (κ2) is 4.53. The molecule has 0 aliphatic heterocycles. The number of ether oxygens (including phenoxy) is 1. The van der Waals surface area contributed by atoms with Crippen molar-refractivity contribution in [2.24, 2.45) is 0 Å². The van der Waals surface area contributed by atoms with E-state index in [0.29, 0.717) is 0 Å². The maximum absolute atomic E-state index is 5.59. The minimum absolute atomic E-state index is 0.127. The topological polar surface area (TPSA) is 9.23 Å². The Morgan fingerprint density at radius 1 is 1.50 bits per heavy atom. The van der Waals surface area contributed by atoms with Crippen LogP contribution in [0, 0.1) is 12.3 Å². The summed E-state index contributed by atoms with van der Waals surface area (Å²) < 4.78 is 5.59. The van der Waals surface area contributed by atoms with Crippen LogP contribution in [0.25, 0.3) is 6.08 Å². The van der Waals surface area contributed by atoms with Crippen molar-refractivity contribution < 1.29 is 4.74 Å². The van der Waals surface area contributed by atoms with Gasteiger partial charge in [-0.25, -0.2) is 0 Å².